The monoisotopic (exact) mass is 690 g/mol. The van der Waals surface area contributed by atoms with E-state index >= 15 is 4.79 Å². The van der Waals surface area contributed by atoms with Crippen LogP contribution >= 0.6 is 0 Å². The fourth-order valence-corrected chi connectivity index (χ4v) is 7.51. The Kier molecular flexibility index (Phi) is 6.61. The van der Waals surface area contributed by atoms with Crippen LogP contribution in [0.1, 0.15) is 45.7 Å². The molecule has 0 aliphatic carbocycles. The predicted octanol–water partition coefficient (Wildman–Crippen LogP) is 4.96. The smallest absolute Gasteiger partial charge is 0.321 e. The molecule has 8 heterocycles. The van der Waals surface area contributed by atoms with Gasteiger partial charge >= 0.3 is 6.03 Å². The fourth-order valence-electron chi connectivity index (χ4n) is 7.51. The zero-order chi connectivity index (χ0) is 34.9. The molecule has 2 amide bonds. The third kappa shape index (κ3) is 4.70. The molecular weight excluding hydrogens is 660 g/mol. The maximum Gasteiger partial charge on any atom is 0.321 e. The summed E-state index contributed by atoms with van der Waals surface area (Å²) in [6.07, 6.45) is 4.47. The molecule has 8 aromatic rings. The molecule has 52 heavy (non-hydrogen) atoms. The lowest BCUT2D eigenvalue weighted by molar-refractivity contribution is 0.121. The summed E-state index contributed by atoms with van der Waals surface area (Å²) in [5.74, 6) is 2.08. The summed E-state index contributed by atoms with van der Waals surface area (Å²) in [6.45, 7) is 0.904. The van der Waals surface area contributed by atoms with Crippen molar-refractivity contribution >= 4 is 29.2 Å². The van der Waals surface area contributed by atoms with Crippen LogP contribution in [0.15, 0.2) is 106 Å². The lowest BCUT2D eigenvalue weighted by Gasteiger charge is -2.44. The van der Waals surface area contributed by atoms with Gasteiger partial charge in [-0.3, -0.25) is 0 Å². The molecule has 15 nitrogen and oxygen atoms in total. The molecule has 2 aliphatic heterocycles. The van der Waals surface area contributed by atoms with Crippen LogP contribution in [0.2, 0.25) is 0 Å². The Morgan fingerprint density at radius 3 is 1.52 bits per heavy atom. The SMILES string of the molecule is Nc1nc(C2c3ccccc3CCN2C(=O)N2CCc3ccccc3C2c2cc3nc(-c4ccco4)nn3c(N)n2)cc2nc(-c3ccco3)nn12. The summed E-state index contributed by atoms with van der Waals surface area (Å²) < 4.78 is 14.0. The van der Waals surface area contributed by atoms with E-state index in [0.29, 0.717) is 71.8 Å². The van der Waals surface area contributed by atoms with Crippen LogP contribution < -0.4 is 11.5 Å². The van der Waals surface area contributed by atoms with Gasteiger partial charge in [0.1, 0.15) is 12.1 Å². The van der Waals surface area contributed by atoms with Gasteiger partial charge in [-0.15, -0.1) is 10.2 Å². The number of hydrogen-bond donors (Lipinski definition) is 2. The number of aromatic nitrogens is 8. The topological polar surface area (TPSA) is 188 Å². The second-order valence-corrected chi connectivity index (χ2v) is 12.8. The molecular formula is C37H30N12O3. The average molecular weight is 691 g/mol. The maximum atomic E-state index is 15.2. The fraction of sp³-hybridized carbons (Fsp3) is 0.162. The number of hydrogen-bond acceptors (Lipinski definition) is 11. The highest BCUT2D eigenvalue weighted by molar-refractivity contribution is 5.78. The van der Waals surface area contributed by atoms with E-state index in [4.69, 9.17) is 40.2 Å². The van der Waals surface area contributed by atoms with Crippen LogP contribution in [0.25, 0.3) is 34.5 Å². The molecule has 0 fully saturated rings. The number of fused-ring (bicyclic) bond motifs is 4. The van der Waals surface area contributed by atoms with Crippen LogP contribution in [0.5, 0.6) is 0 Å². The Hall–Kier alpha value is -7.03. The van der Waals surface area contributed by atoms with Crippen molar-refractivity contribution < 1.29 is 13.6 Å². The predicted molar refractivity (Wildman–Crippen MR) is 189 cm³/mol. The molecule has 0 bridgehead atoms. The normalized spacial score (nSPS) is 17.1. The van der Waals surface area contributed by atoms with Gasteiger partial charge in [0.05, 0.1) is 23.9 Å². The van der Waals surface area contributed by atoms with Gasteiger partial charge in [-0.05, 0) is 59.4 Å². The van der Waals surface area contributed by atoms with Gasteiger partial charge in [-0.2, -0.15) is 9.03 Å². The third-order valence-corrected chi connectivity index (χ3v) is 9.84. The number of benzene rings is 2. The van der Waals surface area contributed by atoms with E-state index in [1.807, 2.05) is 58.3 Å². The van der Waals surface area contributed by atoms with Gasteiger partial charge in [0, 0.05) is 25.2 Å². The first-order valence-electron chi connectivity index (χ1n) is 16.9. The molecule has 2 aromatic carbocycles. The number of anilines is 2. The van der Waals surface area contributed by atoms with Crippen molar-refractivity contribution in [2.75, 3.05) is 24.6 Å². The molecule has 0 spiro atoms. The standard InChI is InChI=1S/C37H30N12O3/c38-35-40-25(19-29-42-33(44-48(29)35)27-11-5-17-51-27)31-23-9-3-1-7-21(23)13-15-46(31)37(50)47-16-14-22-8-2-4-10-24(22)32(47)26-20-30-43-34(28-12-6-18-52-28)45-49(30)36(39)41-26/h1-12,17-20,31-32H,13-16H2,(H2,38,40)(H2,39,41). The minimum atomic E-state index is -0.556. The summed E-state index contributed by atoms with van der Waals surface area (Å²) in [4.78, 5) is 38.0. The molecule has 4 N–H and O–H groups in total. The second-order valence-electron chi connectivity index (χ2n) is 12.8. The number of amides is 2. The van der Waals surface area contributed by atoms with E-state index in [2.05, 4.69) is 22.3 Å². The Morgan fingerprint density at radius 1 is 0.615 bits per heavy atom. The van der Waals surface area contributed by atoms with Gasteiger partial charge in [0.15, 0.2) is 22.8 Å². The minimum Gasteiger partial charge on any atom is -0.461 e. The maximum absolute atomic E-state index is 15.2. The number of nitrogens with two attached hydrogens (primary N) is 2. The highest BCUT2D eigenvalue weighted by Gasteiger charge is 2.41. The van der Waals surface area contributed by atoms with Gasteiger partial charge in [0.25, 0.3) is 0 Å². The Balaban J connectivity index is 1.09. The van der Waals surface area contributed by atoms with Crippen molar-refractivity contribution in [1.29, 1.82) is 0 Å². The van der Waals surface area contributed by atoms with Crippen molar-refractivity contribution in [2.45, 2.75) is 24.9 Å². The van der Waals surface area contributed by atoms with E-state index in [-0.39, 0.29) is 17.9 Å². The number of nitrogens with zero attached hydrogens (tertiary/aromatic N) is 10. The van der Waals surface area contributed by atoms with Crippen LogP contribution in [-0.2, 0) is 12.8 Å². The summed E-state index contributed by atoms with van der Waals surface area (Å²) in [7, 11) is 0. The Labute approximate surface area is 295 Å². The van der Waals surface area contributed by atoms with Gasteiger partial charge in [-0.25, -0.2) is 24.7 Å². The highest BCUT2D eigenvalue weighted by atomic mass is 16.3. The van der Waals surface area contributed by atoms with Crippen molar-refractivity contribution in [2.24, 2.45) is 0 Å². The molecule has 0 saturated heterocycles. The number of rotatable bonds is 4. The second kappa shape index (κ2) is 11.5. The molecule has 2 unspecified atom stereocenters. The Morgan fingerprint density at radius 2 is 1.08 bits per heavy atom. The first kappa shape index (κ1) is 29.8. The zero-order valence-corrected chi connectivity index (χ0v) is 27.6. The van der Waals surface area contributed by atoms with Crippen molar-refractivity contribution in [1.82, 2.24) is 49.0 Å². The van der Waals surface area contributed by atoms with Crippen LogP contribution in [0.4, 0.5) is 16.7 Å². The molecule has 256 valence electrons. The van der Waals surface area contributed by atoms with E-state index in [0.717, 1.165) is 22.3 Å². The first-order valence-corrected chi connectivity index (χ1v) is 16.9. The largest absolute Gasteiger partial charge is 0.461 e. The van der Waals surface area contributed by atoms with E-state index in [1.54, 1.807) is 36.8 Å². The van der Waals surface area contributed by atoms with Crippen LogP contribution in [0, 0.1) is 0 Å². The average Bonchev–Trinajstić information content (AvgIpc) is 4.00. The molecule has 2 atom stereocenters. The van der Waals surface area contributed by atoms with Crippen molar-refractivity contribution in [3.8, 4) is 23.2 Å². The summed E-state index contributed by atoms with van der Waals surface area (Å²) >= 11 is 0. The summed E-state index contributed by atoms with van der Waals surface area (Å²) in [5.41, 5.74) is 19.4. The molecule has 0 saturated carbocycles. The first-order chi connectivity index (χ1) is 25.5. The number of nitrogen functional groups attached to an aromatic ring is 2. The van der Waals surface area contributed by atoms with E-state index in [9.17, 15) is 0 Å². The lowest BCUT2D eigenvalue weighted by Crippen LogP contribution is -2.51. The van der Waals surface area contributed by atoms with Crippen molar-refractivity contribution in [3.63, 3.8) is 0 Å². The number of furan rings is 2. The zero-order valence-electron chi connectivity index (χ0n) is 27.6. The van der Waals surface area contributed by atoms with Crippen LogP contribution in [-0.4, -0.2) is 68.1 Å². The van der Waals surface area contributed by atoms with E-state index in [1.165, 1.54) is 9.03 Å². The quantitative estimate of drug-likeness (QED) is 0.254. The lowest BCUT2D eigenvalue weighted by atomic mass is 9.89. The molecule has 10 rings (SSSR count). The summed E-state index contributed by atoms with van der Waals surface area (Å²) in [6, 6.07) is 25.8. The summed E-state index contributed by atoms with van der Waals surface area (Å²) in [5, 5.41) is 9.05. The molecule has 0 radical (unpaired) electrons. The minimum absolute atomic E-state index is 0.147. The highest BCUT2D eigenvalue weighted by Crippen LogP contribution is 2.40. The van der Waals surface area contributed by atoms with Gasteiger partial charge in [-0.1, -0.05) is 48.5 Å². The van der Waals surface area contributed by atoms with Crippen LogP contribution in [0.3, 0.4) is 0 Å². The third-order valence-electron chi connectivity index (χ3n) is 9.84. The Bertz CT molecular complexity index is 2450. The molecule has 6 aromatic heterocycles. The van der Waals surface area contributed by atoms with Gasteiger partial charge in [0.2, 0.25) is 23.5 Å². The number of carbonyl (C=O) groups excluding carboxylic acids is 1. The number of urea groups is 1. The molecule has 15 heteroatoms. The van der Waals surface area contributed by atoms with E-state index < -0.39 is 12.1 Å². The van der Waals surface area contributed by atoms with Gasteiger partial charge < -0.3 is 30.1 Å². The van der Waals surface area contributed by atoms with Crippen molar-refractivity contribution in [3.05, 3.63) is 131 Å². The number of carbonyl (C=O) groups is 1. The molecule has 2 aliphatic rings.